The van der Waals surface area contributed by atoms with Crippen LogP contribution in [0.5, 0.6) is 0 Å². The molecule has 0 atom stereocenters. The first-order chi connectivity index (χ1) is 6.83. The van der Waals surface area contributed by atoms with Crippen LogP contribution in [0.2, 0.25) is 0 Å². The zero-order chi connectivity index (χ0) is 9.97. The molecule has 0 spiro atoms. The van der Waals surface area contributed by atoms with E-state index in [0.717, 1.165) is 19.4 Å². The van der Waals surface area contributed by atoms with Crippen molar-refractivity contribution in [1.82, 2.24) is 5.43 Å². The number of nitrogens with one attached hydrogen (secondary N) is 1. The molecule has 0 radical (unpaired) electrons. The van der Waals surface area contributed by atoms with Crippen molar-refractivity contribution in [2.24, 2.45) is 5.84 Å². The topological polar surface area (TPSA) is 41.3 Å². The van der Waals surface area contributed by atoms with Crippen molar-refractivity contribution in [3.8, 4) is 0 Å². The zero-order valence-corrected chi connectivity index (χ0v) is 8.68. The van der Waals surface area contributed by atoms with Gasteiger partial charge in [-0.15, -0.1) is 0 Å². The molecule has 1 aliphatic rings. The first-order valence-electron chi connectivity index (χ1n) is 4.69. The molecule has 14 heavy (non-hydrogen) atoms. The lowest BCUT2D eigenvalue weighted by atomic mass is 10.0. The van der Waals surface area contributed by atoms with E-state index in [2.05, 4.69) is 23.6 Å². The maximum Gasteiger partial charge on any atom is 0.187 e. The van der Waals surface area contributed by atoms with Crippen LogP contribution in [0.15, 0.2) is 24.3 Å². The molecule has 1 aromatic carbocycles. The van der Waals surface area contributed by atoms with Gasteiger partial charge in [0, 0.05) is 12.2 Å². The van der Waals surface area contributed by atoms with E-state index in [0.29, 0.717) is 5.11 Å². The average molecular weight is 207 g/mol. The molecule has 2 rings (SSSR count). The second kappa shape index (κ2) is 3.94. The Labute approximate surface area is 88.9 Å². The highest BCUT2D eigenvalue weighted by molar-refractivity contribution is 7.80. The fraction of sp³-hybridized carbons (Fsp3) is 0.300. The van der Waals surface area contributed by atoms with Crippen LogP contribution in [0.3, 0.4) is 0 Å². The normalized spacial score (nSPS) is 14.8. The Hall–Kier alpha value is -1.13. The van der Waals surface area contributed by atoms with Crippen LogP contribution in [0, 0.1) is 0 Å². The maximum atomic E-state index is 5.33. The van der Waals surface area contributed by atoms with Crippen molar-refractivity contribution in [3.63, 3.8) is 0 Å². The minimum atomic E-state index is 0.595. The third-order valence-electron chi connectivity index (χ3n) is 2.48. The van der Waals surface area contributed by atoms with Gasteiger partial charge in [-0.05, 0) is 36.7 Å². The fourth-order valence-electron chi connectivity index (χ4n) is 1.82. The zero-order valence-electron chi connectivity index (χ0n) is 7.86. The monoisotopic (exact) mass is 207 g/mol. The molecule has 0 fully saturated rings. The standard InChI is InChI=1S/C10H13N3S/c11-12-10(14)13-7-3-5-8-4-1-2-6-9(8)13/h1-2,4,6H,3,5,7,11H2,(H,12,14). The first kappa shape index (κ1) is 9.43. The number of hydrogen-bond donors (Lipinski definition) is 2. The number of nitrogens with two attached hydrogens (primary N) is 1. The molecule has 0 saturated heterocycles. The minimum absolute atomic E-state index is 0.595. The number of aryl methyl sites for hydroxylation is 1. The smallest absolute Gasteiger partial charge is 0.187 e. The highest BCUT2D eigenvalue weighted by atomic mass is 32.1. The third kappa shape index (κ3) is 1.58. The summed E-state index contributed by atoms with van der Waals surface area (Å²) in [7, 11) is 0. The van der Waals surface area contributed by atoms with Crippen LogP contribution in [0.1, 0.15) is 12.0 Å². The molecule has 3 N–H and O–H groups in total. The predicted molar refractivity (Wildman–Crippen MR) is 62.0 cm³/mol. The van der Waals surface area contributed by atoms with Crippen molar-refractivity contribution in [1.29, 1.82) is 0 Å². The van der Waals surface area contributed by atoms with E-state index in [9.17, 15) is 0 Å². The molecule has 1 aromatic rings. The molecule has 0 amide bonds. The number of anilines is 1. The Morgan fingerprint density at radius 1 is 1.43 bits per heavy atom. The summed E-state index contributed by atoms with van der Waals surface area (Å²) >= 11 is 5.14. The summed E-state index contributed by atoms with van der Waals surface area (Å²) in [5.41, 5.74) is 5.06. The van der Waals surface area contributed by atoms with Gasteiger partial charge in [-0.2, -0.15) is 0 Å². The molecule has 4 heteroatoms. The summed E-state index contributed by atoms with van der Waals surface area (Å²) < 4.78 is 0. The van der Waals surface area contributed by atoms with Crippen LogP contribution in [-0.4, -0.2) is 11.7 Å². The number of benzene rings is 1. The Morgan fingerprint density at radius 3 is 3.00 bits per heavy atom. The molecular weight excluding hydrogens is 194 g/mol. The summed E-state index contributed by atoms with van der Waals surface area (Å²) in [6, 6.07) is 8.30. The summed E-state index contributed by atoms with van der Waals surface area (Å²) in [6.07, 6.45) is 2.25. The largest absolute Gasteiger partial charge is 0.318 e. The van der Waals surface area contributed by atoms with Gasteiger partial charge in [-0.3, -0.25) is 0 Å². The van der Waals surface area contributed by atoms with E-state index in [1.54, 1.807) is 0 Å². The first-order valence-corrected chi connectivity index (χ1v) is 5.10. The molecule has 0 unspecified atom stereocenters. The number of nitrogens with zero attached hydrogens (tertiary/aromatic N) is 1. The summed E-state index contributed by atoms with van der Waals surface area (Å²) in [6.45, 7) is 0.944. The SMILES string of the molecule is NNC(=S)N1CCCc2ccccc21. The van der Waals surface area contributed by atoms with E-state index in [1.165, 1.54) is 11.3 Å². The Kier molecular flexibility index (Phi) is 2.65. The number of rotatable bonds is 0. The molecule has 74 valence electrons. The number of hydrazine groups is 1. The molecule has 0 saturated carbocycles. The van der Waals surface area contributed by atoms with Crippen molar-refractivity contribution < 1.29 is 0 Å². The van der Waals surface area contributed by atoms with Crippen molar-refractivity contribution >= 4 is 23.0 Å². The Morgan fingerprint density at radius 2 is 2.21 bits per heavy atom. The second-order valence-corrected chi connectivity index (χ2v) is 3.72. The summed E-state index contributed by atoms with van der Waals surface area (Å²) in [5.74, 6) is 5.33. The predicted octanol–water partition coefficient (Wildman–Crippen LogP) is 1.19. The summed E-state index contributed by atoms with van der Waals surface area (Å²) in [5, 5.41) is 0.595. The van der Waals surface area contributed by atoms with E-state index < -0.39 is 0 Å². The van der Waals surface area contributed by atoms with Crippen LogP contribution in [-0.2, 0) is 6.42 Å². The highest BCUT2D eigenvalue weighted by Crippen LogP contribution is 2.26. The van der Waals surface area contributed by atoms with Crippen LogP contribution < -0.4 is 16.2 Å². The van der Waals surface area contributed by atoms with Crippen LogP contribution >= 0.6 is 12.2 Å². The van der Waals surface area contributed by atoms with Gasteiger partial charge in [0.05, 0.1) is 0 Å². The number of fused-ring (bicyclic) bond motifs is 1. The molecule has 0 aromatic heterocycles. The number of thiocarbonyl (C=S) groups is 1. The van der Waals surface area contributed by atoms with Gasteiger partial charge in [0.1, 0.15) is 0 Å². The second-order valence-electron chi connectivity index (χ2n) is 3.33. The van der Waals surface area contributed by atoms with Gasteiger partial charge in [0.25, 0.3) is 0 Å². The van der Waals surface area contributed by atoms with Gasteiger partial charge in [0.2, 0.25) is 0 Å². The van der Waals surface area contributed by atoms with Gasteiger partial charge in [-0.1, -0.05) is 18.2 Å². The van der Waals surface area contributed by atoms with Gasteiger partial charge < -0.3 is 10.3 Å². The lowest BCUT2D eigenvalue weighted by molar-refractivity contribution is 0.769. The lowest BCUT2D eigenvalue weighted by Crippen LogP contribution is -2.45. The van der Waals surface area contributed by atoms with Crippen LogP contribution in [0.4, 0.5) is 5.69 Å². The van der Waals surface area contributed by atoms with Gasteiger partial charge in [0.15, 0.2) is 5.11 Å². The molecule has 1 aliphatic heterocycles. The minimum Gasteiger partial charge on any atom is -0.318 e. The van der Waals surface area contributed by atoms with Crippen molar-refractivity contribution in [2.75, 3.05) is 11.4 Å². The van der Waals surface area contributed by atoms with E-state index in [-0.39, 0.29) is 0 Å². The maximum absolute atomic E-state index is 5.33. The molecule has 0 bridgehead atoms. The third-order valence-corrected chi connectivity index (χ3v) is 2.82. The lowest BCUT2D eigenvalue weighted by Gasteiger charge is -2.30. The van der Waals surface area contributed by atoms with Crippen molar-refractivity contribution in [2.45, 2.75) is 12.8 Å². The summed E-state index contributed by atoms with van der Waals surface area (Å²) in [4.78, 5) is 2.05. The van der Waals surface area contributed by atoms with E-state index in [4.69, 9.17) is 18.1 Å². The van der Waals surface area contributed by atoms with E-state index in [1.807, 2.05) is 11.0 Å². The molecular formula is C10H13N3S. The van der Waals surface area contributed by atoms with E-state index >= 15 is 0 Å². The van der Waals surface area contributed by atoms with Gasteiger partial charge >= 0.3 is 0 Å². The Balaban J connectivity index is 2.35. The van der Waals surface area contributed by atoms with Crippen molar-refractivity contribution in [3.05, 3.63) is 29.8 Å². The average Bonchev–Trinajstić information content (AvgIpc) is 2.27. The van der Waals surface area contributed by atoms with Gasteiger partial charge in [-0.25, -0.2) is 5.84 Å². The number of para-hydroxylation sites is 1. The van der Waals surface area contributed by atoms with Crippen LogP contribution in [0.25, 0.3) is 0 Å². The molecule has 1 heterocycles. The highest BCUT2D eigenvalue weighted by Gasteiger charge is 2.18. The molecule has 0 aliphatic carbocycles. The molecule has 3 nitrogen and oxygen atoms in total. The number of hydrogen-bond acceptors (Lipinski definition) is 2. The Bertz CT molecular complexity index is 351. The quantitative estimate of drug-likeness (QED) is 0.381. The fourth-order valence-corrected chi connectivity index (χ4v) is 2.01.